The summed E-state index contributed by atoms with van der Waals surface area (Å²) in [7, 11) is 1.54. The number of carbonyl (C=O) groups excluding carboxylic acids is 1. The van der Waals surface area contributed by atoms with Crippen molar-refractivity contribution in [3.63, 3.8) is 0 Å². The molecule has 0 atom stereocenters. The molecule has 0 aliphatic heterocycles. The first-order chi connectivity index (χ1) is 14.1. The van der Waals surface area contributed by atoms with Crippen molar-refractivity contribution in [2.45, 2.75) is 13.5 Å². The van der Waals surface area contributed by atoms with Crippen molar-refractivity contribution in [1.29, 1.82) is 5.26 Å². The van der Waals surface area contributed by atoms with Gasteiger partial charge in [-0.05, 0) is 23.8 Å². The summed E-state index contributed by atoms with van der Waals surface area (Å²) < 4.78 is 10.6. The van der Waals surface area contributed by atoms with Crippen LogP contribution in [0.3, 0.4) is 0 Å². The molecular formula is C22H20N4O3. The van der Waals surface area contributed by atoms with Gasteiger partial charge < -0.3 is 9.47 Å². The number of hydrogen-bond donors (Lipinski definition) is 1. The van der Waals surface area contributed by atoms with Gasteiger partial charge in [0.15, 0.2) is 6.61 Å². The van der Waals surface area contributed by atoms with Gasteiger partial charge in [0.25, 0.3) is 5.91 Å². The van der Waals surface area contributed by atoms with Crippen molar-refractivity contribution >= 4 is 22.9 Å². The summed E-state index contributed by atoms with van der Waals surface area (Å²) in [4.78, 5) is 16.3. The zero-order chi connectivity index (χ0) is 20.6. The van der Waals surface area contributed by atoms with Crippen LogP contribution in [0.5, 0.6) is 5.88 Å². The summed E-state index contributed by atoms with van der Waals surface area (Å²) in [5.74, 6) is -0.352. The van der Waals surface area contributed by atoms with Crippen LogP contribution in [0.4, 0.5) is 0 Å². The van der Waals surface area contributed by atoms with Crippen LogP contribution in [0.2, 0.25) is 0 Å². The molecule has 0 spiro atoms. The van der Waals surface area contributed by atoms with Crippen molar-refractivity contribution in [3.05, 3.63) is 70.9 Å². The van der Waals surface area contributed by atoms with E-state index < -0.39 is 5.91 Å². The molecule has 0 saturated carbocycles. The molecule has 0 bridgehead atoms. The fourth-order valence-electron chi connectivity index (χ4n) is 2.91. The average molecular weight is 388 g/mol. The van der Waals surface area contributed by atoms with E-state index in [1.54, 1.807) is 26.3 Å². The number of fused-ring (bicyclic) bond motifs is 1. The van der Waals surface area contributed by atoms with Crippen LogP contribution in [0.15, 0.2) is 53.6 Å². The van der Waals surface area contributed by atoms with E-state index in [1.807, 2.05) is 42.5 Å². The molecule has 0 aliphatic rings. The number of benzene rings is 2. The Labute approximate surface area is 168 Å². The number of rotatable bonds is 7. The van der Waals surface area contributed by atoms with E-state index in [0.717, 1.165) is 16.3 Å². The summed E-state index contributed by atoms with van der Waals surface area (Å²) in [6.07, 6.45) is 1.59. The molecule has 7 heteroatoms. The molecule has 146 valence electrons. The largest absolute Gasteiger partial charge is 0.467 e. The van der Waals surface area contributed by atoms with Crippen LogP contribution in [-0.4, -0.2) is 30.8 Å². The molecule has 0 saturated heterocycles. The fraction of sp³-hybridized carbons (Fsp3) is 0.182. The maximum atomic E-state index is 12.1. The third-order valence-electron chi connectivity index (χ3n) is 4.16. The molecule has 2 aromatic carbocycles. The fourth-order valence-corrected chi connectivity index (χ4v) is 2.91. The molecule has 0 aliphatic carbocycles. The number of carbonyl (C=O) groups is 1. The van der Waals surface area contributed by atoms with Gasteiger partial charge in [0.2, 0.25) is 5.88 Å². The Morgan fingerprint density at radius 1 is 1.28 bits per heavy atom. The van der Waals surface area contributed by atoms with Crippen LogP contribution < -0.4 is 10.2 Å². The molecule has 0 radical (unpaired) electrons. The number of hydrazone groups is 1. The number of nitrogens with one attached hydrogen (secondary N) is 1. The van der Waals surface area contributed by atoms with Gasteiger partial charge in [0.05, 0.1) is 12.8 Å². The van der Waals surface area contributed by atoms with Crippen molar-refractivity contribution in [2.75, 3.05) is 13.7 Å². The van der Waals surface area contributed by atoms with Crippen LogP contribution in [0.25, 0.3) is 10.8 Å². The Morgan fingerprint density at radius 3 is 2.86 bits per heavy atom. The van der Waals surface area contributed by atoms with E-state index in [9.17, 15) is 10.1 Å². The predicted octanol–water partition coefficient (Wildman–Crippen LogP) is 3.09. The van der Waals surface area contributed by atoms with Crippen LogP contribution in [0.1, 0.15) is 22.4 Å². The van der Waals surface area contributed by atoms with Gasteiger partial charge in [-0.3, -0.25) is 4.79 Å². The molecule has 0 unspecified atom stereocenters. The first-order valence-electron chi connectivity index (χ1n) is 8.94. The standard InChI is InChI=1S/C22H20N4O3/c1-15-10-18(13-28-2)20(11-23)22(25-15)29-14-21(27)26-24-12-17-8-5-7-16-6-3-4-9-19(16)17/h3-10,12H,13-14H2,1-2H3,(H,26,27)/b24-12-. The molecule has 1 heterocycles. The molecule has 29 heavy (non-hydrogen) atoms. The highest BCUT2D eigenvalue weighted by molar-refractivity contribution is 5.99. The number of nitriles is 1. The number of methoxy groups -OCH3 is 1. The normalized spacial score (nSPS) is 10.8. The summed E-state index contributed by atoms with van der Waals surface area (Å²) in [6.45, 7) is 1.72. The highest BCUT2D eigenvalue weighted by atomic mass is 16.5. The number of hydrogen-bond acceptors (Lipinski definition) is 6. The van der Waals surface area contributed by atoms with Gasteiger partial charge in [-0.1, -0.05) is 42.5 Å². The third-order valence-corrected chi connectivity index (χ3v) is 4.16. The summed E-state index contributed by atoms with van der Waals surface area (Å²) in [6, 6.07) is 17.6. The van der Waals surface area contributed by atoms with Crippen LogP contribution >= 0.6 is 0 Å². The lowest BCUT2D eigenvalue weighted by Gasteiger charge is -2.10. The Bertz CT molecular complexity index is 1100. The minimum atomic E-state index is -0.457. The Hall–Kier alpha value is -3.76. The van der Waals surface area contributed by atoms with E-state index in [0.29, 0.717) is 11.3 Å². The molecule has 1 amide bonds. The molecule has 3 rings (SSSR count). The lowest BCUT2D eigenvalue weighted by atomic mass is 10.1. The smallest absolute Gasteiger partial charge is 0.278 e. The lowest BCUT2D eigenvalue weighted by molar-refractivity contribution is -0.123. The quantitative estimate of drug-likeness (QED) is 0.496. The number of aromatic nitrogens is 1. The monoisotopic (exact) mass is 388 g/mol. The second-order valence-corrected chi connectivity index (χ2v) is 6.30. The van der Waals surface area contributed by atoms with Gasteiger partial charge in [-0.25, -0.2) is 10.4 Å². The third kappa shape index (κ3) is 4.94. The van der Waals surface area contributed by atoms with Crippen molar-refractivity contribution in [3.8, 4) is 11.9 Å². The predicted molar refractivity (Wildman–Crippen MR) is 110 cm³/mol. The van der Waals surface area contributed by atoms with E-state index in [1.165, 1.54) is 0 Å². The second kappa shape index (κ2) is 9.44. The number of amides is 1. The zero-order valence-electron chi connectivity index (χ0n) is 16.2. The highest BCUT2D eigenvalue weighted by Crippen LogP contribution is 2.21. The van der Waals surface area contributed by atoms with E-state index >= 15 is 0 Å². The van der Waals surface area contributed by atoms with Crippen LogP contribution in [0, 0.1) is 18.3 Å². The van der Waals surface area contributed by atoms with Gasteiger partial charge in [0, 0.05) is 23.9 Å². The minimum Gasteiger partial charge on any atom is -0.467 e. The second-order valence-electron chi connectivity index (χ2n) is 6.30. The Balaban J connectivity index is 1.65. The Morgan fingerprint density at radius 2 is 2.07 bits per heavy atom. The molecule has 3 aromatic rings. The average Bonchev–Trinajstić information content (AvgIpc) is 2.72. The maximum Gasteiger partial charge on any atom is 0.278 e. The van der Waals surface area contributed by atoms with Gasteiger partial charge in [0.1, 0.15) is 11.6 Å². The van der Waals surface area contributed by atoms with E-state index in [2.05, 4.69) is 21.6 Å². The highest BCUT2D eigenvalue weighted by Gasteiger charge is 2.14. The molecule has 1 N–H and O–H groups in total. The van der Waals surface area contributed by atoms with E-state index in [-0.39, 0.29) is 24.7 Å². The number of aryl methyl sites for hydroxylation is 1. The van der Waals surface area contributed by atoms with Gasteiger partial charge in [-0.15, -0.1) is 0 Å². The lowest BCUT2D eigenvalue weighted by Crippen LogP contribution is -2.25. The zero-order valence-corrected chi connectivity index (χ0v) is 16.2. The van der Waals surface area contributed by atoms with Gasteiger partial charge >= 0.3 is 0 Å². The SMILES string of the molecule is COCc1cc(C)nc(OCC(=O)N/N=C\c2cccc3ccccc23)c1C#N. The molecule has 7 nitrogen and oxygen atoms in total. The Kier molecular flexibility index (Phi) is 6.51. The first kappa shape index (κ1) is 20.0. The summed E-state index contributed by atoms with van der Waals surface area (Å²) >= 11 is 0. The summed E-state index contributed by atoms with van der Waals surface area (Å²) in [5.41, 5.74) is 4.90. The maximum absolute atomic E-state index is 12.1. The minimum absolute atomic E-state index is 0.104. The number of ether oxygens (including phenoxy) is 2. The number of pyridine rings is 1. The van der Waals surface area contributed by atoms with Crippen molar-refractivity contribution in [2.24, 2.45) is 5.10 Å². The number of nitrogens with zero attached hydrogens (tertiary/aromatic N) is 3. The van der Waals surface area contributed by atoms with Gasteiger partial charge in [-0.2, -0.15) is 10.4 Å². The van der Waals surface area contributed by atoms with Crippen molar-refractivity contribution in [1.82, 2.24) is 10.4 Å². The molecule has 0 fully saturated rings. The van der Waals surface area contributed by atoms with Crippen LogP contribution in [-0.2, 0) is 16.1 Å². The van der Waals surface area contributed by atoms with Crippen molar-refractivity contribution < 1.29 is 14.3 Å². The van der Waals surface area contributed by atoms with E-state index in [4.69, 9.17) is 9.47 Å². The molecular weight excluding hydrogens is 368 g/mol. The summed E-state index contributed by atoms with van der Waals surface area (Å²) in [5, 5.41) is 15.5. The first-order valence-corrected chi connectivity index (χ1v) is 8.94. The topological polar surface area (TPSA) is 96.6 Å². The molecule has 1 aromatic heterocycles.